The first kappa shape index (κ1) is 22.2. The lowest BCUT2D eigenvalue weighted by atomic mass is 10.0. The molecular formula is C22H34N2O4+2. The molecule has 0 aromatic heterocycles. The second kappa shape index (κ2) is 11.7. The van der Waals surface area contributed by atoms with E-state index in [1.165, 1.54) is 4.90 Å². The van der Waals surface area contributed by atoms with Crippen LogP contribution in [-0.2, 0) is 4.74 Å². The largest absolute Gasteiger partial charge is 0.497 e. The van der Waals surface area contributed by atoms with Crippen molar-refractivity contribution in [3.8, 4) is 11.5 Å². The molecular weight excluding hydrogens is 356 g/mol. The summed E-state index contributed by atoms with van der Waals surface area (Å²) < 4.78 is 16.6. The van der Waals surface area contributed by atoms with Gasteiger partial charge in [-0.2, -0.15) is 0 Å². The number of aliphatic hydroxyl groups is 1. The quantitative estimate of drug-likeness (QED) is 0.442. The van der Waals surface area contributed by atoms with E-state index in [1.807, 2.05) is 48.5 Å². The predicted molar refractivity (Wildman–Crippen MR) is 109 cm³/mol. The van der Waals surface area contributed by atoms with Crippen LogP contribution in [0.25, 0.3) is 0 Å². The minimum atomic E-state index is -0.517. The zero-order valence-electron chi connectivity index (χ0n) is 17.4. The zero-order chi connectivity index (χ0) is 20.4. The van der Waals surface area contributed by atoms with E-state index in [0.717, 1.165) is 35.7 Å². The van der Waals surface area contributed by atoms with Crippen LogP contribution in [0.4, 0.5) is 0 Å². The van der Waals surface area contributed by atoms with Crippen molar-refractivity contribution < 1.29 is 29.5 Å². The molecule has 0 amide bonds. The van der Waals surface area contributed by atoms with Crippen LogP contribution in [0.3, 0.4) is 0 Å². The molecule has 2 aromatic rings. The van der Waals surface area contributed by atoms with Gasteiger partial charge in [0.1, 0.15) is 43.3 Å². The third-order valence-electron chi connectivity index (χ3n) is 4.58. The van der Waals surface area contributed by atoms with Crippen LogP contribution in [-0.4, -0.2) is 65.8 Å². The van der Waals surface area contributed by atoms with Crippen molar-refractivity contribution in [3.05, 3.63) is 59.7 Å². The van der Waals surface area contributed by atoms with Gasteiger partial charge < -0.3 is 29.5 Å². The highest BCUT2D eigenvalue weighted by molar-refractivity contribution is 5.36. The second-order valence-corrected chi connectivity index (χ2v) is 7.18. The Bertz CT molecular complexity index is 626. The fraction of sp³-hybridized carbons (Fsp3) is 0.455. The molecule has 2 aromatic carbocycles. The summed E-state index contributed by atoms with van der Waals surface area (Å²) in [5.41, 5.74) is 2.02. The molecule has 6 heteroatoms. The number of hydrogen-bond donors (Lipinski definition) is 3. The van der Waals surface area contributed by atoms with Crippen LogP contribution in [0.2, 0.25) is 0 Å². The predicted octanol–water partition coefficient (Wildman–Crippen LogP) is -0.121. The number of nitrogens with two attached hydrogens (primary N) is 1. The fourth-order valence-electron chi connectivity index (χ4n) is 2.92. The van der Waals surface area contributed by atoms with E-state index in [4.69, 9.17) is 14.2 Å². The summed E-state index contributed by atoms with van der Waals surface area (Å²) in [5.74, 6) is 1.60. The maximum Gasteiger partial charge on any atom is 0.126 e. The van der Waals surface area contributed by atoms with Gasteiger partial charge in [-0.05, 0) is 35.4 Å². The van der Waals surface area contributed by atoms with Crippen molar-refractivity contribution in [2.45, 2.75) is 12.2 Å². The SMILES string of the molecule is COc1ccc(C(OC[C@H](O)C[NH2+]CC[NH+](C)C)c2ccc(OC)cc2)cc1. The number of likely N-dealkylation sites (N-methyl/N-ethyl adjacent to an activating group) is 1. The average Bonchev–Trinajstić information content (AvgIpc) is 2.72. The summed E-state index contributed by atoms with van der Waals surface area (Å²) in [6.07, 6.45) is -0.783. The molecule has 154 valence electrons. The van der Waals surface area contributed by atoms with Crippen molar-refractivity contribution in [2.24, 2.45) is 0 Å². The van der Waals surface area contributed by atoms with E-state index in [1.54, 1.807) is 14.2 Å². The fourth-order valence-corrected chi connectivity index (χ4v) is 2.92. The molecule has 0 unspecified atom stereocenters. The molecule has 0 bridgehead atoms. The first-order chi connectivity index (χ1) is 13.5. The normalized spacial score (nSPS) is 12.4. The minimum absolute atomic E-state index is 0.266. The molecule has 1 atom stereocenters. The molecule has 0 aliphatic carbocycles. The molecule has 0 heterocycles. The van der Waals surface area contributed by atoms with Crippen molar-refractivity contribution in [3.63, 3.8) is 0 Å². The van der Waals surface area contributed by atoms with Gasteiger partial charge in [-0.25, -0.2) is 0 Å². The third kappa shape index (κ3) is 7.13. The van der Waals surface area contributed by atoms with E-state index in [9.17, 15) is 5.11 Å². The Labute approximate surface area is 168 Å². The molecule has 0 aliphatic rings. The van der Waals surface area contributed by atoms with Crippen LogP contribution in [0, 0.1) is 0 Å². The molecule has 0 saturated carbocycles. The van der Waals surface area contributed by atoms with Crippen molar-refractivity contribution in [1.82, 2.24) is 0 Å². The molecule has 2 rings (SSSR count). The third-order valence-corrected chi connectivity index (χ3v) is 4.58. The monoisotopic (exact) mass is 390 g/mol. The van der Waals surface area contributed by atoms with Gasteiger partial charge in [-0.1, -0.05) is 24.3 Å². The summed E-state index contributed by atoms with van der Waals surface area (Å²) in [7, 11) is 7.55. The van der Waals surface area contributed by atoms with Crippen LogP contribution in [0.5, 0.6) is 11.5 Å². The Morgan fingerprint density at radius 1 is 0.893 bits per heavy atom. The van der Waals surface area contributed by atoms with Crippen LogP contribution < -0.4 is 19.7 Å². The number of aliphatic hydroxyl groups excluding tert-OH is 1. The van der Waals surface area contributed by atoms with Gasteiger partial charge in [0.25, 0.3) is 0 Å². The highest BCUT2D eigenvalue weighted by atomic mass is 16.5. The van der Waals surface area contributed by atoms with Crippen LogP contribution >= 0.6 is 0 Å². The standard InChI is InChI=1S/C22H32N2O4/c1-24(2)14-13-23-15-19(25)16-28-22(17-5-9-20(26-3)10-6-17)18-7-11-21(27-4)12-8-18/h5-12,19,22-23,25H,13-16H2,1-4H3/p+2/t19-/m1/s1. The van der Waals surface area contributed by atoms with Gasteiger partial charge in [-0.3, -0.25) is 0 Å². The van der Waals surface area contributed by atoms with E-state index in [-0.39, 0.29) is 12.7 Å². The molecule has 0 fully saturated rings. The van der Waals surface area contributed by atoms with E-state index in [0.29, 0.717) is 6.54 Å². The molecule has 0 saturated heterocycles. The molecule has 0 aliphatic heterocycles. The van der Waals surface area contributed by atoms with Gasteiger partial charge in [0.15, 0.2) is 0 Å². The lowest BCUT2D eigenvalue weighted by molar-refractivity contribution is -0.874. The summed E-state index contributed by atoms with van der Waals surface area (Å²) in [5, 5.41) is 12.5. The molecule has 6 nitrogen and oxygen atoms in total. The lowest BCUT2D eigenvalue weighted by Crippen LogP contribution is -3.09. The molecule has 0 radical (unpaired) electrons. The maximum absolute atomic E-state index is 10.3. The van der Waals surface area contributed by atoms with Gasteiger partial charge in [0.2, 0.25) is 0 Å². The smallest absolute Gasteiger partial charge is 0.126 e. The topological polar surface area (TPSA) is 69.0 Å². The summed E-state index contributed by atoms with van der Waals surface area (Å²) in [4.78, 5) is 1.40. The van der Waals surface area contributed by atoms with E-state index < -0.39 is 6.10 Å². The Balaban J connectivity index is 2.03. The number of hydrogen-bond acceptors (Lipinski definition) is 4. The first-order valence-electron chi connectivity index (χ1n) is 9.71. The molecule has 4 N–H and O–H groups in total. The van der Waals surface area contributed by atoms with Crippen LogP contribution in [0.1, 0.15) is 17.2 Å². The molecule has 28 heavy (non-hydrogen) atoms. The summed E-state index contributed by atoms with van der Waals surface area (Å²) >= 11 is 0. The Morgan fingerprint density at radius 2 is 1.39 bits per heavy atom. The number of methoxy groups -OCH3 is 2. The van der Waals surface area contributed by atoms with Crippen molar-refractivity contribution in [1.29, 1.82) is 0 Å². The van der Waals surface area contributed by atoms with Gasteiger partial charge >= 0.3 is 0 Å². The van der Waals surface area contributed by atoms with Gasteiger partial charge in [0.05, 0.1) is 34.9 Å². The minimum Gasteiger partial charge on any atom is -0.497 e. The average molecular weight is 391 g/mol. The lowest BCUT2D eigenvalue weighted by Gasteiger charge is -2.21. The highest BCUT2D eigenvalue weighted by Gasteiger charge is 2.18. The maximum atomic E-state index is 10.3. The molecule has 0 spiro atoms. The highest BCUT2D eigenvalue weighted by Crippen LogP contribution is 2.29. The Morgan fingerprint density at radius 3 is 1.82 bits per heavy atom. The van der Waals surface area contributed by atoms with Crippen molar-refractivity contribution in [2.75, 3.05) is 54.6 Å². The second-order valence-electron chi connectivity index (χ2n) is 7.18. The summed E-state index contributed by atoms with van der Waals surface area (Å²) in [6, 6.07) is 15.6. The Kier molecular flexibility index (Phi) is 9.23. The number of rotatable bonds is 12. The zero-order valence-corrected chi connectivity index (χ0v) is 17.4. The first-order valence-corrected chi connectivity index (χ1v) is 9.71. The van der Waals surface area contributed by atoms with E-state index in [2.05, 4.69) is 19.4 Å². The van der Waals surface area contributed by atoms with Gasteiger partial charge in [-0.15, -0.1) is 0 Å². The number of ether oxygens (including phenoxy) is 3. The van der Waals surface area contributed by atoms with Crippen molar-refractivity contribution >= 4 is 0 Å². The van der Waals surface area contributed by atoms with Crippen LogP contribution in [0.15, 0.2) is 48.5 Å². The summed E-state index contributed by atoms with van der Waals surface area (Å²) in [6.45, 7) is 2.95. The number of quaternary nitrogens is 2. The van der Waals surface area contributed by atoms with E-state index >= 15 is 0 Å². The number of nitrogens with one attached hydrogen (secondary N) is 1. The van der Waals surface area contributed by atoms with Gasteiger partial charge in [0, 0.05) is 0 Å². The number of benzene rings is 2. The Hall–Kier alpha value is -2.12.